The molecule has 3 N–H and O–H groups in total. The molecule has 2 aromatic heterocycles. The Bertz CT molecular complexity index is 995. The van der Waals surface area contributed by atoms with Crippen LogP contribution in [0.4, 0.5) is 24.9 Å². The number of anilines is 1. The van der Waals surface area contributed by atoms with Crippen molar-refractivity contribution >= 4 is 29.3 Å². The number of nitrogens with zero attached hydrogens (tertiary/aromatic N) is 5. The smallest absolute Gasteiger partial charge is 0.315 e. The number of aryl methyl sites for hydroxylation is 1. The minimum atomic E-state index is -3.01. The van der Waals surface area contributed by atoms with Crippen molar-refractivity contribution in [2.24, 2.45) is 4.99 Å². The van der Waals surface area contributed by atoms with E-state index in [1.54, 1.807) is 6.92 Å². The van der Waals surface area contributed by atoms with Crippen LogP contribution in [0.15, 0.2) is 37.3 Å². The predicted octanol–water partition coefficient (Wildman–Crippen LogP) is 3.10. The molecule has 3 rings (SSSR count). The molecule has 0 atom stereocenters. The minimum Gasteiger partial charge on any atom is -0.408 e. The summed E-state index contributed by atoms with van der Waals surface area (Å²) in [5.41, 5.74) is 1.04. The van der Waals surface area contributed by atoms with Crippen LogP contribution >= 0.6 is 11.8 Å². The third kappa shape index (κ3) is 5.23. The van der Waals surface area contributed by atoms with Crippen molar-refractivity contribution in [2.45, 2.75) is 18.4 Å². The van der Waals surface area contributed by atoms with Gasteiger partial charge in [-0.1, -0.05) is 16.9 Å². The summed E-state index contributed by atoms with van der Waals surface area (Å²) in [7, 11) is 0. The molecule has 14 heteroatoms. The van der Waals surface area contributed by atoms with Crippen LogP contribution in [0.2, 0.25) is 0 Å². The number of amidine groups is 1. The summed E-state index contributed by atoms with van der Waals surface area (Å²) in [5, 5.41) is 27.4. The molecule has 0 fully saturated rings. The van der Waals surface area contributed by atoms with Gasteiger partial charge in [0.25, 0.3) is 6.43 Å². The Morgan fingerprint density at radius 2 is 2.14 bits per heavy atom. The molecule has 0 amide bonds. The number of aromatic nitrogens is 4. The number of hydrogen-bond acceptors (Lipinski definition) is 10. The fourth-order valence-corrected chi connectivity index (χ4v) is 2.88. The standard InChI is InChI=1S/C15H14F3N7O3S/c1-7-21-22-15(27-7)19-4-5-29-14-11(24-28-25-14)13(23-26)20-8-2-3-10(16)9(6-8)12(17)18/h2-3,6,12,26H,4-5H2,1H3,(H,19,22)(H,20,23). The van der Waals surface area contributed by atoms with Gasteiger partial charge in [-0.3, -0.25) is 10.7 Å². The summed E-state index contributed by atoms with van der Waals surface area (Å²) in [6, 6.07) is 3.17. The van der Waals surface area contributed by atoms with Crippen LogP contribution in [0.5, 0.6) is 0 Å². The Kier molecular flexibility index (Phi) is 6.66. The maximum atomic E-state index is 13.4. The van der Waals surface area contributed by atoms with Gasteiger partial charge in [0.1, 0.15) is 5.82 Å². The van der Waals surface area contributed by atoms with Crippen LogP contribution in [0.25, 0.3) is 0 Å². The number of thioether (sulfide) groups is 1. The number of hydrogen-bond donors (Lipinski definition) is 3. The van der Waals surface area contributed by atoms with Gasteiger partial charge < -0.3 is 9.73 Å². The van der Waals surface area contributed by atoms with Crippen molar-refractivity contribution in [2.75, 3.05) is 17.6 Å². The maximum absolute atomic E-state index is 13.4. The lowest BCUT2D eigenvalue weighted by atomic mass is 10.2. The average Bonchev–Trinajstić information content (AvgIpc) is 3.33. The van der Waals surface area contributed by atoms with Crippen molar-refractivity contribution in [1.29, 1.82) is 0 Å². The van der Waals surface area contributed by atoms with Crippen LogP contribution in [0.3, 0.4) is 0 Å². The Morgan fingerprint density at radius 1 is 1.31 bits per heavy atom. The van der Waals surface area contributed by atoms with E-state index < -0.39 is 17.8 Å². The van der Waals surface area contributed by atoms with E-state index in [0.29, 0.717) is 18.2 Å². The molecule has 0 radical (unpaired) electrons. The quantitative estimate of drug-likeness (QED) is 0.161. The number of rotatable bonds is 8. The molecule has 0 aliphatic heterocycles. The van der Waals surface area contributed by atoms with E-state index in [9.17, 15) is 18.4 Å². The third-order valence-electron chi connectivity index (χ3n) is 3.39. The van der Waals surface area contributed by atoms with E-state index in [1.165, 1.54) is 17.8 Å². The largest absolute Gasteiger partial charge is 0.408 e. The first-order valence-corrected chi connectivity index (χ1v) is 9.02. The van der Waals surface area contributed by atoms with Crippen LogP contribution < -0.4 is 10.8 Å². The summed E-state index contributed by atoms with van der Waals surface area (Å²) in [6.45, 7) is 2.10. The number of halogens is 3. The normalized spacial score (nSPS) is 11.9. The van der Waals surface area contributed by atoms with Crippen molar-refractivity contribution in [3.8, 4) is 0 Å². The van der Waals surface area contributed by atoms with Crippen LogP contribution in [0.1, 0.15) is 23.6 Å². The molecule has 0 spiro atoms. The third-order valence-corrected chi connectivity index (χ3v) is 4.34. The first kappa shape index (κ1) is 20.6. The fourth-order valence-electron chi connectivity index (χ4n) is 2.12. The number of aliphatic imine (C=N–C) groups is 1. The van der Waals surface area contributed by atoms with Gasteiger partial charge >= 0.3 is 6.01 Å². The Hall–Kier alpha value is -3.13. The second kappa shape index (κ2) is 9.38. The van der Waals surface area contributed by atoms with Crippen molar-refractivity contribution in [3.05, 3.63) is 41.2 Å². The van der Waals surface area contributed by atoms with Gasteiger partial charge in [0.15, 0.2) is 16.6 Å². The first-order valence-electron chi connectivity index (χ1n) is 8.04. The SMILES string of the molecule is Cc1nnc(NCCSc2nonc2C(=Nc2ccc(F)c(C(F)F)c2)NO)o1. The molecule has 0 aliphatic rings. The lowest BCUT2D eigenvalue weighted by molar-refractivity contribution is 0.146. The highest BCUT2D eigenvalue weighted by molar-refractivity contribution is 7.99. The second-order valence-corrected chi connectivity index (χ2v) is 6.48. The van der Waals surface area contributed by atoms with Gasteiger partial charge in [0.2, 0.25) is 5.89 Å². The van der Waals surface area contributed by atoms with Crippen LogP contribution in [-0.4, -0.2) is 43.9 Å². The highest BCUT2D eigenvalue weighted by Gasteiger charge is 2.18. The van der Waals surface area contributed by atoms with Crippen LogP contribution in [0, 0.1) is 12.7 Å². The van der Waals surface area contributed by atoms with E-state index in [1.807, 2.05) is 5.48 Å². The van der Waals surface area contributed by atoms with Gasteiger partial charge in [0, 0.05) is 19.2 Å². The lowest BCUT2D eigenvalue weighted by Crippen LogP contribution is -2.21. The van der Waals surface area contributed by atoms with E-state index in [2.05, 4.69) is 35.4 Å². The van der Waals surface area contributed by atoms with E-state index >= 15 is 0 Å². The van der Waals surface area contributed by atoms with Crippen LogP contribution in [-0.2, 0) is 0 Å². The number of benzene rings is 1. The van der Waals surface area contributed by atoms with Crippen molar-refractivity contribution in [1.82, 2.24) is 26.0 Å². The lowest BCUT2D eigenvalue weighted by Gasteiger charge is -2.06. The van der Waals surface area contributed by atoms with Crippen molar-refractivity contribution in [3.63, 3.8) is 0 Å². The maximum Gasteiger partial charge on any atom is 0.315 e. The molecular weight excluding hydrogens is 415 g/mol. The Labute approximate surface area is 165 Å². The summed E-state index contributed by atoms with van der Waals surface area (Å²) in [6.07, 6.45) is -3.01. The highest BCUT2D eigenvalue weighted by atomic mass is 32.2. The highest BCUT2D eigenvalue weighted by Crippen LogP contribution is 2.27. The molecule has 0 unspecified atom stereocenters. The summed E-state index contributed by atoms with van der Waals surface area (Å²) < 4.78 is 49.0. The van der Waals surface area contributed by atoms with E-state index in [0.717, 1.165) is 12.1 Å². The molecular formula is C15H14F3N7O3S. The molecule has 3 aromatic rings. The molecule has 29 heavy (non-hydrogen) atoms. The number of hydroxylamine groups is 1. The predicted molar refractivity (Wildman–Crippen MR) is 95.0 cm³/mol. The molecule has 2 heterocycles. The van der Waals surface area contributed by atoms with Gasteiger partial charge in [-0.05, 0) is 28.5 Å². The van der Waals surface area contributed by atoms with E-state index in [4.69, 9.17) is 4.42 Å². The summed E-state index contributed by atoms with van der Waals surface area (Å²) in [5.74, 6) is -0.358. The number of nitrogens with one attached hydrogen (secondary N) is 2. The molecule has 0 bridgehead atoms. The Balaban J connectivity index is 1.70. The zero-order chi connectivity index (χ0) is 20.8. The molecule has 0 aliphatic carbocycles. The summed E-state index contributed by atoms with van der Waals surface area (Å²) >= 11 is 1.21. The number of alkyl halides is 2. The van der Waals surface area contributed by atoms with E-state index in [-0.39, 0.29) is 28.3 Å². The monoisotopic (exact) mass is 429 g/mol. The zero-order valence-corrected chi connectivity index (χ0v) is 15.6. The molecule has 0 saturated heterocycles. The van der Waals surface area contributed by atoms with Gasteiger partial charge in [0.05, 0.1) is 11.3 Å². The zero-order valence-electron chi connectivity index (χ0n) is 14.8. The first-order chi connectivity index (χ1) is 14.0. The van der Waals surface area contributed by atoms with Gasteiger partial charge in [-0.2, -0.15) is 0 Å². The fraction of sp³-hybridized carbons (Fsp3) is 0.267. The van der Waals surface area contributed by atoms with Gasteiger partial charge in [-0.25, -0.2) is 22.8 Å². The molecule has 0 saturated carbocycles. The topological polar surface area (TPSA) is 134 Å². The average molecular weight is 429 g/mol. The second-order valence-electron chi connectivity index (χ2n) is 5.40. The molecule has 10 nitrogen and oxygen atoms in total. The molecule has 154 valence electrons. The summed E-state index contributed by atoms with van der Waals surface area (Å²) in [4.78, 5) is 3.97. The minimum absolute atomic E-state index is 0.0226. The van der Waals surface area contributed by atoms with Crippen molar-refractivity contribution < 1.29 is 27.4 Å². The molecule has 1 aromatic carbocycles. The van der Waals surface area contributed by atoms with Gasteiger partial charge in [-0.15, -0.1) is 5.10 Å². The Morgan fingerprint density at radius 3 is 2.83 bits per heavy atom.